The van der Waals surface area contributed by atoms with Crippen LogP contribution in [0.15, 0.2) is 12.1 Å². The summed E-state index contributed by atoms with van der Waals surface area (Å²) >= 11 is 6.34. The van der Waals surface area contributed by atoms with Crippen LogP contribution in [0.4, 0.5) is 0 Å². The lowest BCUT2D eigenvalue weighted by Crippen LogP contribution is -2.47. The van der Waals surface area contributed by atoms with E-state index in [1.807, 2.05) is 17.0 Å². The Hall–Kier alpha value is -1.26. The third kappa shape index (κ3) is 3.55. The molecule has 0 aliphatic carbocycles. The molecule has 0 N–H and O–H groups in total. The van der Waals surface area contributed by atoms with E-state index in [2.05, 4.69) is 32.7 Å². The van der Waals surface area contributed by atoms with Crippen LogP contribution in [0.2, 0.25) is 5.02 Å². The highest BCUT2D eigenvalue weighted by Crippen LogP contribution is 2.35. The average molecular weight is 325 g/mol. The highest BCUT2D eigenvalue weighted by atomic mass is 35.5. The summed E-state index contributed by atoms with van der Waals surface area (Å²) in [5.74, 6) is 0.469. The molecule has 2 rings (SSSR count). The van der Waals surface area contributed by atoms with Crippen LogP contribution < -0.4 is 4.74 Å². The van der Waals surface area contributed by atoms with E-state index in [9.17, 15) is 4.79 Å². The van der Waals surface area contributed by atoms with Gasteiger partial charge in [0.2, 0.25) is 0 Å². The molecule has 22 heavy (non-hydrogen) atoms. The van der Waals surface area contributed by atoms with Crippen LogP contribution in [0, 0.1) is 0 Å². The molecule has 122 valence electrons. The number of piperazine rings is 1. The number of benzene rings is 1. The topological polar surface area (TPSA) is 32.8 Å². The molecule has 1 saturated heterocycles. The van der Waals surface area contributed by atoms with Gasteiger partial charge in [0.05, 0.1) is 17.7 Å². The normalized spacial score (nSPS) is 16.7. The maximum atomic E-state index is 12.9. The van der Waals surface area contributed by atoms with Gasteiger partial charge in [-0.1, -0.05) is 32.4 Å². The Morgan fingerprint density at radius 2 is 1.77 bits per heavy atom. The summed E-state index contributed by atoms with van der Waals surface area (Å²) in [6.07, 6.45) is 0. The standard InChI is InChI=1S/C17H25ClN2O2/c1-17(2,3)12-10-13(15(22-5)14(18)11-12)16(21)20-8-6-19(4)7-9-20/h10-11H,6-9H2,1-5H3. The molecule has 1 aliphatic rings. The van der Waals surface area contributed by atoms with Crippen molar-refractivity contribution in [2.24, 2.45) is 0 Å². The molecule has 0 unspecified atom stereocenters. The van der Waals surface area contributed by atoms with Gasteiger partial charge in [-0.05, 0) is 30.2 Å². The van der Waals surface area contributed by atoms with Crippen LogP contribution in [0.5, 0.6) is 5.75 Å². The van der Waals surface area contributed by atoms with Crippen molar-refractivity contribution in [3.63, 3.8) is 0 Å². The summed E-state index contributed by atoms with van der Waals surface area (Å²) < 4.78 is 5.39. The number of amides is 1. The first-order valence-corrected chi connectivity index (χ1v) is 7.97. The highest BCUT2D eigenvalue weighted by Gasteiger charge is 2.26. The second-order valence-electron chi connectivity index (χ2n) is 6.88. The molecule has 1 amide bonds. The van der Waals surface area contributed by atoms with E-state index >= 15 is 0 Å². The van der Waals surface area contributed by atoms with Crippen molar-refractivity contribution in [2.75, 3.05) is 40.3 Å². The number of methoxy groups -OCH3 is 1. The molecule has 0 spiro atoms. The predicted molar refractivity (Wildman–Crippen MR) is 90.1 cm³/mol. The summed E-state index contributed by atoms with van der Waals surface area (Å²) in [4.78, 5) is 17.0. The van der Waals surface area contributed by atoms with Crippen molar-refractivity contribution in [1.82, 2.24) is 9.80 Å². The first-order chi connectivity index (χ1) is 10.2. The van der Waals surface area contributed by atoms with Gasteiger partial charge >= 0.3 is 0 Å². The molecule has 4 nitrogen and oxygen atoms in total. The fraction of sp³-hybridized carbons (Fsp3) is 0.588. The SMILES string of the molecule is COc1c(Cl)cc(C(C)(C)C)cc1C(=O)N1CCN(C)CC1. The zero-order chi connectivity index (χ0) is 16.5. The largest absolute Gasteiger partial charge is 0.494 e. The minimum atomic E-state index is -0.0763. The summed E-state index contributed by atoms with van der Waals surface area (Å²) in [6, 6.07) is 3.81. The zero-order valence-electron chi connectivity index (χ0n) is 14.1. The molecule has 5 heteroatoms. The van der Waals surface area contributed by atoms with Crippen LogP contribution in [0.1, 0.15) is 36.7 Å². The highest BCUT2D eigenvalue weighted by molar-refractivity contribution is 6.32. The smallest absolute Gasteiger partial charge is 0.257 e. The Labute approximate surface area is 138 Å². The van der Waals surface area contributed by atoms with Crippen molar-refractivity contribution in [3.05, 3.63) is 28.3 Å². The third-order valence-corrected chi connectivity index (χ3v) is 4.42. The quantitative estimate of drug-likeness (QED) is 0.838. The number of ether oxygens (including phenoxy) is 1. The van der Waals surface area contributed by atoms with Crippen molar-refractivity contribution in [2.45, 2.75) is 26.2 Å². The number of likely N-dealkylation sites (N-methyl/N-ethyl adjacent to an activating group) is 1. The predicted octanol–water partition coefficient (Wildman–Crippen LogP) is 3.03. The average Bonchev–Trinajstić information content (AvgIpc) is 2.45. The lowest BCUT2D eigenvalue weighted by Gasteiger charge is -2.33. The molecule has 1 aromatic rings. The maximum Gasteiger partial charge on any atom is 0.257 e. The number of hydrogen-bond acceptors (Lipinski definition) is 3. The summed E-state index contributed by atoms with van der Waals surface area (Å²) in [6.45, 7) is 9.56. The third-order valence-electron chi connectivity index (χ3n) is 4.13. The number of rotatable bonds is 2. The molecule has 0 saturated carbocycles. The fourth-order valence-corrected chi connectivity index (χ4v) is 2.87. The summed E-state index contributed by atoms with van der Waals surface area (Å²) in [7, 11) is 3.62. The van der Waals surface area contributed by atoms with Gasteiger partial charge in [-0.15, -0.1) is 0 Å². The van der Waals surface area contributed by atoms with Gasteiger partial charge in [-0.25, -0.2) is 0 Å². The van der Waals surface area contributed by atoms with Crippen LogP contribution in [-0.4, -0.2) is 56.0 Å². The van der Waals surface area contributed by atoms with Crippen molar-refractivity contribution in [3.8, 4) is 5.75 Å². The Morgan fingerprint density at radius 1 is 1.18 bits per heavy atom. The second-order valence-corrected chi connectivity index (χ2v) is 7.29. The second kappa shape index (κ2) is 6.47. The monoisotopic (exact) mass is 324 g/mol. The van der Waals surface area contributed by atoms with E-state index in [0.29, 0.717) is 16.3 Å². The van der Waals surface area contributed by atoms with Gasteiger partial charge in [0, 0.05) is 26.2 Å². The minimum Gasteiger partial charge on any atom is -0.494 e. The molecular weight excluding hydrogens is 300 g/mol. The van der Waals surface area contributed by atoms with Crippen LogP contribution in [0.3, 0.4) is 0 Å². The summed E-state index contributed by atoms with van der Waals surface area (Å²) in [5, 5.41) is 0.493. The van der Waals surface area contributed by atoms with Crippen molar-refractivity contribution in [1.29, 1.82) is 0 Å². The Balaban J connectivity index is 2.39. The first kappa shape index (κ1) is 17.1. The maximum absolute atomic E-state index is 12.9. The molecule has 1 fully saturated rings. The van der Waals surface area contributed by atoms with Crippen LogP contribution in [-0.2, 0) is 5.41 Å². The van der Waals surface area contributed by atoms with E-state index in [0.717, 1.165) is 31.7 Å². The Bertz CT molecular complexity index is 559. The van der Waals surface area contributed by atoms with Gasteiger partial charge in [-0.3, -0.25) is 4.79 Å². The van der Waals surface area contributed by atoms with Crippen LogP contribution in [0.25, 0.3) is 0 Å². The van der Waals surface area contributed by atoms with E-state index in [1.165, 1.54) is 0 Å². The van der Waals surface area contributed by atoms with Crippen molar-refractivity contribution < 1.29 is 9.53 Å². The Morgan fingerprint density at radius 3 is 2.27 bits per heavy atom. The summed E-state index contributed by atoms with van der Waals surface area (Å²) in [5.41, 5.74) is 1.52. The van der Waals surface area contributed by atoms with E-state index < -0.39 is 0 Å². The van der Waals surface area contributed by atoms with Crippen LogP contribution >= 0.6 is 11.6 Å². The number of carbonyl (C=O) groups excluding carboxylic acids is 1. The lowest BCUT2D eigenvalue weighted by atomic mass is 9.86. The fourth-order valence-electron chi connectivity index (χ4n) is 2.57. The van der Waals surface area contributed by atoms with E-state index in [4.69, 9.17) is 16.3 Å². The van der Waals surface area contributed by atoms with Gasteiger partial charge in [0.1, 0.15) is 5.75 Å². The van der Waals surface area contributed by atoms with Gasteiger partial charge in [-0.2, -0.15) is 0 Å². The molecule has 0 aromatic heterocycles. The number of carbonyl (C=O) groups is 1. The van der Waals surface area contributed by atoms with Crippen molar-refractivity contribution >= 4 is 17.5 Å². The number of hydrogen-bond donors (Lipinski definition) is 0. The first-order valence-electron chi connectivity index (χ1n) is 7.60. The molecular formula is C17H25ClN2O2. The van der Waals surface area contributed by atoms with Gasteiger partial charge in [0.15, 0.2) is 0 Å². The van der Waals surface area contributed by atoms with E-state index in [1.54, 1.807) is 7.11 Å². The molecule has 1 aliphatic heterocycles. The van der Waals surface area contributed by atoms with Gasteiger partial charge in [0.25, 0.3) is 5.91 Å². The number of nitrogens with zero attached hydrogens (tertiary/aromatic N) is 2. The molecule has 0 atom stereocenters. The number of halogens is 1. The lowest BCUT2D eigenvalue weighted by molar-refractivity contribution is 0.0660. The molecule has 1 aromatic carbocycles. The Kier molecular flexibility index (Phi) is 5.03. The van der Waals surface area contributed by atoms with Gasteiger partial charge < -0.3 is 14.5 Å². The molecule has 0 bridgehead atoms. The zero-order valence-corrected chi connectivity index (χ0v) is 14.8. The van der Waals surface area contributed by atoms with E-state index in [-0.39, 0.29) is 11.3 Å². The molecule has 0 radical (unpaired) electrons. The minimum absolute atomic E-state index is 0.00190. The molecule has 1 heterocycles.